The summed E-state index contributed by atoms with van der Waals surface area (Å²) in [6.45, 7) is 1.59. The highest BCUT2D eigenvalue weighted by molar-refractivity contribution is 7.98. The summed E-state index contributed by atoms with van der Waals surface area (Å²) in [7, 11) is 1.91. The molecule has 2 aromatic carbocycles. The molecule has 1 fully saturated rings. The molecule has 1 saturated heterocycles. The number of benzene rings is 2. The Hall–Kier alpha value is -3.17. The molecule has 0 radical (unpaired) electrons. The van der Waals surface area contributed by atoms with Crippen molar-refractivity contribution < 1.29 is 4.74 Å². The second kappa shape index (κ2) is 8.07. The zero-order valence-corrected chi connectivity index (χ0v) is 18.5. The van der Waals surface area contributed by atoms with E-state index in [4.69, 9.17) is 4.74 Å². The fourth-order valence-corrected chi connectivity index (χ4v) is 5.22. The van der Waals surface area contributed by atoms with Gasteiger partial charge in [-0.25, -0.2) is 4.68 Å². The van der Waals surface area contributed by atoms with Gasteiger partial charge in [0.1, 0.15) is 5.52 Å². The maximum Gasteiger partial charge on any atom is 0.191 e. The molecule has 9 heteroatoms. The average molecular weight is 446 g/mol. The second-order valence-corrected chi connectivity index (χ2v) is 9.07. The lowest BCUT2D eigenvalue weighted by atomic mass is 10.1. The summed E-state index contributed by atoms with van der Waals surface area (Å²) in [5.41, 5.74) is 5.29. The number of H-pyrrole nitrogens is 1. The summed E-state index contributed by atoms with van der Waals surface area (Å²) in [5.74, 6) is 1.66. The Balaban J connectivity index is 1.33. The maximum absolute atomic E-state index is 5.94. The highest BCUT2D eigenvalue weighted by atomic mass is 32.2. The lowest BCUT2D eigenvalue weighted by molar-refractivity contribution is 0.0953. The molecule has 1 atom stereocenters. The summed E-state index contributed by atoms with van der Waals surface area (Å²) >= 11 is 1.69. The molecule has 0 amide bonds. The number of aromatic nitrogens is 7. The molecule has 6 rings (SSSR count). The molecule has 0 spiro atoms. The van der Waals surface area contributed by atoms with Crippen LogP contribution in [0.5, 0.6) is 0 Å². The highest BCUT2D eigenvalue weighted by Crippen LogP contribution is 2.32. The van der Waals surface area contributed by atoms with E-state index < -0.39 is 0 Å². The number of ether oxygens (including phenoxy) is 1. The number of rotatable bonds is 6. The normalized spacial score (nSPS) is 16.5. The average Bonchev–Trinajstić information content (AvgIpc) is 3.60. The van der Waals surface area contributed by atoms with Gasteiger partial charge in [0.05, 0.1) is 18.2 Å². The van der Waals surface area contributed by atoms with Crippen molar-refractivity contribution in [2.45, 2.75) is 36.4 Å². The second-order valence-electron chi connectivity index (χ2n) is 8.12. The van der Waals surface area contributed by atoms with Crippen molar-refractivity contribution in [2.24, 2.45) is 7.05 Å². The number of fused-ring (bicyclic) bond motifs is 2. The first-order chi connectivity index (χ1) is 15.8. The Bertz CT molecular complexity index is 1400. The standard InChI is InChI=1S/C23H23N7OS/c1-29-21-9-8-15(11-20(21)25-28-29)14-32-23-27-26-22(30(23)13-16-5-4-10-31-16)18-12-24-19-7-3-2-6-17(18)19/h2-3,6-9,11-12,16,24H,4-5,10,13-14H2,1H3/t16-/m0/s1. The third-order valence-electron chi connectivity index (χ3n) is 6.00. The molecule has 3 aromatic heterocycles. The van der Waals surface area contributed by atoms with E-state index in [9.17, 15) is 0 Å². The number of nitrogens with zero attached hydrogens (tertiary/aromatic N) is 6. The van der Waals surface area contributed by atoms with Crippen LogP contribution < -0.4 is 0 Å². The molecule has 4 heterocycles. The van der Waals surface area contributed by atoms with Crippen LogP contribution in [0.2, 0.25) is 0 Å². The molecule has 1 aliphatic heterocycles. The zero-order valence-electron chi connectivity index (χ0n) is 17.7. The fraction of sp³-hybridized carbons (Fsp3) is 0.304. The Morgan fingerprint density at radius 1 is 1.16 bits per heavy atom. The van der Waals surface area contributed by atoms with Gasteiger partial charge in [-0.15, -0.1) is 15.3 Å². The van der Waals surface area contributed by atoms with Crippen molar-refractivity contribution in [1.29, 1.82) is 0 Å². The van der Waals surface area contributed by atoms with Crippen LogP contribution in [0.3, 0.4) is 0 Å². The first-order valence-corrected chi connectivity index (χ1v) is 11.8. The lowest BCUT2D eigenvalue weighted by Crippen LogP contribution is -2.16. The number of para-hydroxylation sites is 1. The SMILES string of the molecule is Cn1nnc2cc(CSc3nnc(-c4c[nH]c5ccccc45)n3C[C@@H]3CCCO3)ccc21. The van der Waals surface area contributed by atoms with E-state index in [1.165, 1.54) is 5.56 Å². The minimum absolute atomic E-state index is 0.199. The van der Waals surface area contributed by atoms with Gasteiger partial charge in [-0.3, -0.25) is 4.57 Å². The molecule has 0 aliphatic carbocycles. The number of thioether (sulfide) groups is 1. The van der Waals surface area contributed by atoms with Gasteiger partial charge in [-0.2, -0.15) is 0 Å². The largest absolute Gasteiger partial charge is 0.376 e. The molecular weight excluding hydrogens is 422 g/mol. The lowest BCUT2D eigenvalue weighted by Gasteiger charge is -2.14. The van der Waals surface area contributed by atoms with Crippen LogP contribution in [0.1, 0.15) is 18.4 Å². The first kappa shape index (κ1) is 19.5. The van der Waals surface area contributed by atoms with E-state index in [0.717, 1.165) is 70.2 Å². The van der Waals surface area contributed by atoms with E-state index in [1.807, 2.05) is 19.3 Å². The summed E-state index contributed by atoms with van der Waals surface area (Å²) in [5, 5.41) is 19.6. The van der Waals surface area contributed by atoms with Crippen LogP contribution in [0.15, 0.2) is 53.8 Å². The van der Waals surface area contributed by atoms with Crippen LogP contribution >= 0.6 is 11.8 Å². The van der Waals surface area contributed by atoms with Crippen LogP contribution in [0, 0.1) is 0 Å². The van der Waals surface area contributed by atoms with Gasteiger partial charge in [-0.1, -0.05) is 41.2 Å². The molecule has 1 N–H and O–H groups in total. The van der Waals surface area contributed by atoms with Gasteiger partial charge in [0, 0.05) is 42.1 Å². The van der Waals surface area contributed by atoms with Crippen molar-refractivity contribution in [3.63, 3.8) is 0 Å². The molecule has 0 bridgehead atoms. The molecule has 8 nitrogen and oxygen atoms in total. The Kier molecular flexibility index (Phi) is 4.92. The topological polar surface area (TPSA) is 86.4 Å². The van der Waals surface area contributed by atoms with Crippen LogP contribution in [-0.4, -0.2) is 47.5 Å². The van der Waals surface area contributed by atoms with Gasteiger partial charge in [0.2, 0.25) is 0 Å². The predicted molar refractivity (Wildman–Crippen MR) is 124 cm³/mol. The molecule has 32 heavy (non-hydrogen) atoms. The van der Waals surface area contributed by atoms with Crippen LogP contribution in [-0.2, 0) is 24.1 Å². The molecule has 162 valence electrons. The number of aryl methyl sites for hydroxylation is 1. The summed E-state index contributed by atoms with van der Waals surface area (Å²) in [4.78, 5) is 3.36. The molecular formula is C23H23N7OS. The van der Waals surface area contributed by atoms with Crippen molar-refractivity contribution >= 4 is 33.7 Å². The van der Waals surface area contributed by atoms with Gasteiger partial charge in [0.25, 0.3) is 0 Å². The van der Waals surface area contributed by atoms with Gasteiger partial charge < -0.3 is 9.72 Å². The Morgan fingerprint density at radius 2 is 2.09 bits per heavy atom. The first-order valence-electron chi connectivity index (χ1n) is 10.8. The smallest absolute Gasteiger partial charge is 0.191 e. The van der Waals surface area contributed by atoms with Crippen molar-refractivity contribution in [1.82, 2.24) is 34.7 Å². The van der Waals surface area contributed by atoms with Gasteiger partial charge >= 0.3 is 0 Å². The summed E-state index contributed by atoms with van der Waals surface area (Å²) < 4.78 is 9.95. The Labute approximate surface area is 189 Å². The van der Waals surface area contributed by atoms with Crippen LogP contribution in [0.4, 0.5) is 0 Å². The van der Waals surface area contributed by atoms with Crippen molar-refractivity contribution in [3.05, 3.63) is 54.2 Å². The predicted octanol–water partition coefficient (Wildman–Crippen LogP) is 4.18. The quantitative estimate of drug-likeness (QED) is 0.395. The number of hydrogen-bond donors (Lipinski definition) is 1. The van der Waals surface area contributed by atoms with E-state index in [2.05, 4.69) is 66.5 Å². The van der Waals surface area contributed by atoms with Crippen molar-refractivity contribution in [3.8, 4) is 11.4 Å². The minimum atomic E-state index is 0.199. The van der Waals surface area contributed by atoms with E-state index in [0.29, 0.717) is 0 Å². The van der Waals surface area contributed by atoms with Gasteiger partial charge in [0.15, 0.2) is 11.0 Å². The third-order valence-corrected chi connectivity index (χ3v) is 7.04. The molecule has 1 aliphatic rings. The third kappa shape index (κ3) is 3.47. The summed E-state index contributed by atoms with van der Waals surface area (Å²) in [6, 6.07) is 14.6. The minimum Gasteiger partial charge on any atom is -0.376 e. The molecule has 5 aromatic rings. The number of aromatic amines is 1. The van der Waals surface area contributed by atoms with E-state index in [-0.39, 0.29) is 6.10 Å². The van der Waals surface area contributed by atoms with Crippen molar-refractivity contribution in [2.75, 3.05) is 6.61 Å². The number of nitrogens with one attached hydrogen (secondary N) is 1. The van der Waals surface area contributed by atoms with E-state index >= 15 is 0 Å². The fourth-order valence-electron chi connectivity index (χ4n) is 4.33. The zero-order chi connectivity index (χ0) is 21.5. The monoisotopic (exact) mass is 445 g/mol. The van der Waals surface area contributed by atoms with Crippen LogP contribution in [0.25, 0.3) is 33.3 Å². The van der Waals surface area contributed by atoms with Gasteiger partial charge in [-0.05, 0) is 36.6 Å². The highest BCUT2D eigenvalue weighted by Gasteiger charge is 2.23. The maximum atomic E-state index is 5.94. The number of hydrogen-bond acceptors (Lipinski definition) is 6. The Morgan fingerprint density at radius 3 is 3.00 bits per heavy atom. The summed E-state index contributed by atoms with van der Waals surface area (Å²) in [6.07, 6.45) is 4.40. The molecule has 0 saturated carbocycles. The van der Waals surface area contributed by atoms with E-state index in [1.54, 1.807) is 16.4 Å². The molecule has 0 unspecified atom stereocenters.